The highest BCUT2D eigenvalue weighted by atomic mass is 14.9. The summed E-state index contributed by atoms with van der Waals surface area (Å²) in [5, 5.41) is 0. The molecular formula is C17H23N3. The van der Waals surface area contributed by atoms with Crippen molar-refractivity contribution in [3.63, 3.8) is 0 Å². The first-order valence-electron chi connectivity index (χ1n) is 7.13. The van der Waals surface area contributed by atoms with Crippen LogP contribution in [0.3, 0.4) is 0 Å². The summed E-state index contributed by atoms with van der Waals surface area (Å²) in [4.78, 5) is 9.15. The minimum absolute atomic E-state index is 0.209. The zero-order valence-electron chi connectivity index (χ0n) is 12.7. The number of rotatable bonds is 4. The molecule has 2 rings (SSSR count). The molecule has 0 aliphatic carbocycles. The van der Waals surface area contributed by atoms with Gasteiger partial charge in [0.15, 0.2) is 0 Å². The Kier molecular flexibility index (Phi) is 4.50. The van der Waals surface area contributed by atoms with Gasteiger partial charge in [-0.3, -0.25) is 0 Å². The van der Waals surface area contributed by atoms with Crippen molar-refractivity contribution in [2.75, 3.05) is 6.54 Å². The summed E-state index contributed by atoms with van der Waals surface area (Å²) >= 11 is 0. The highest BCUT2D eigenvalue weighted by Crippen LogP contribution is 2.25. The van der Waals surface area contributed by atoms with Crippen LogP contribution in [-0.2, 0) is 0 Å². The summed E-state index contributed by atoms with van der Waals surface area (Å²) < 4.78 is 0. The van der Waals surface area contributed by atoms with Crippen molar-refractivity contribution in [1.82, 2.24) is 9.97 Å². The van der Waals surface area contributed by atoms with E-state index in [0.29, 0.717) is 12.5 Å². The van der Waals surface area contributed by atoms with E-state index in [0.717, 1.165) is 11.5 Å². The first kappa shape index (κ1) is 14.7. The van der Waals surface area contributed by atoms with E-state index in [1.807, 2.05) is 12.3 Å². The molecule has 1 aromatic heterocycles. The van der Waals surface area contributed by atoms with Gasteiger partial charge in [-0.1, -0.05) is 37.6 Å². The average Bonchev–Trinajstić information content (AvgIpc) is 2.39. The lowest BCUT2D eigenvalue weighted by Gasteiger charge is -2.18. The Morgan fingerprint density at radius 3 is 2.50 bits per heavy atom. The molecule has 20 heavy (non-hydrogen) atoms. The smallest absolute Gasteiger partial charge is 0.133 e. The van der Waals surface area contributed by atoms with Gasteiger partial charge in [0.05, 0.1) is 5.69 Å². The molecule has 3 nitrogen and oxygen atoms in total. The fourth-order valence-electron chi connectivity index (χ4n) is 2.48. The lowest BCUT2D eigenvalue weighted by molar-refractivity contribution is 0.483. The van der Waals surface area contributed by atoms with Crippen molar-refractivity contribution in [2.45, 2.75) is 33.6 Å². The van der Waals surface area contributed by atoms with Gasteiger partial charge in [-0.25, -0.2) is 9.97 Å². The largest absolute Gasteiger partial charge is 0.330 e. The summed E-state index contributed by atoms with van der Waals surface area (Å²) in [5.41, 5.74) is 10.5. The van der Waals surface area contributed by atoms with Crippen molar-refractivity contribution < 1.29 is 0 Å². The second-order valence-electron chi connectivity index (χ2n) is 5.70. The molecule has 0 aliphatic heterocycles. The number of aromatic nitrogens is 2. The first-order valence-corrected chi connectivity index (χ1v) is 7.13. The molecule has 106 valence electrons. The summed E-state index contributed by atoms with van der Waals surface area (Å²) in [5.74, 6) is 1.50. The number of nitrogens with zero attached hydrogens (tertiary/aromatic N) is 2. The van der Waals surface area contributed by atoms with Crippen LogP contribution in [0.4, 0.5) is 0 Å². The molecule has 0 saturated carbocycles. The van der Waals surface area contributed by atoms with Gasteiger partial charge in [-0.2, -0.15) is 0 Å². The topological polar surface area (TPSA) is 51.8 Å². The van der Waals surface area contributed by atoms with Gasteiger partial charge >= 0.3 is 0 Å². The standard InChI is InChI=1S/C17H23N3/c1-11(2)15(10-18)17-19-8-7-16(20-17)14-6-5-12(3)9-13(14)4/h5-9,11,15H,10,18H2,1-4H3. The van der Waals surface area contributed by atoms with E-state index in [2.05, 4.69) is 50.9 Å². The Labute approximate surface area is 121 Å². The minimum Gasteiger partial charge on any atom is -0.330 e. The van der Waals surface area contributed by atoms with Crippen LogP contribution in [0, 0.1) is 19.8 Å². The molecule has 0 amide bonds. The molecule has 1 aromatic carbocycles. The fraction of sp³-hybridized carbons (Fsp3) is 0.412. The van der Waals surface area contributed by atoms with Crippen LogP contribution in [0.25, 0.3) is 11.3 Å². The highest BCUT2D eigenvalue weighted by molar-refractivity contribution is 5.63. The van der Waals surface area contributed by atoms with Crippen molar-refractivity contribution >= 4 is 0 Å². The third-order valence-corrected chi connectivity index (χ3v) is 3.72. The lowest BCUT2D eigenvalue weighted by atomic mass is 9.95. The molecule has 2 N–H and O–H groups in total. The summed E-state index contributed by atoms with van der Waals surface area (Å²) in [6.45, 7) is 9.11. The maximum absolute atomic E-state index is 5.86. The molecule has 1 unspecified atom stereocenters. The zero-order chi connectivity index (χ0) is 14.7. The predicted octanol–water partition coefficient (Wildman–Crippen LogP) is 3.46. The van der Waals surface area contributed by atoms with Crippen LogP contribution in [0.2, 0.25) is 0 Å². The monoisotopic (exact) mass is 269 g/mol. The van der Waals surface area contributed by atoms with Crippen LogP contribution in [0.15, 0.2) is 30.5 Å². The molecular weight excluding hydrogens is 246 g/mol. The molecule has 0 spiro atoms. The van der Waals surface area contributed by atoms with E-state index >= 15 is 0 Å². The Balaban J connectivity index is 2.43. The third kappa shape index (κ3) is 3.05. The van der Waals surface area contributed by atoms with Crippen LogP contribution in [0.5, 0.6) is 0 Å². The average molecular weight is 269 g/mol. The van der Waals surface area contributed by atoms with E-state index < -0.39 is 0 Å². The molecule has 1 atom stereocenters. The molecule has 0 aliphatic rings. The molecule has 0 bridgehead atoms. The van der Waals surface area contributed by atoms with Gasteiger partial charge < -0.3 is 5.73 Å². The van der Waals surface area contributed by atoms with E-state index in [9.17, 15) is 0 Å². The van der Waals surface area contributed by atoms with E-state index in [1.54, 1.807) is 0 Å². The molecule has 0 fully saturated rings. The number of hydrogen-bond donors (Lipinski definition) is 1. The predicted molar refractivity (Wildman–Crippen MR) is 83.6 cm³/mol. The Morgan fingerprint density at radius 2 is 1.90 bits per heavy atom. The van der Waals surface area contributed by atoms with E-state index in [-0.39, 0.29) is 5.92 Å². The van der Waals surface area contributed by atoms with Crippen LogP contribution < -0.4 is 5.73 Å². The van der Waals surface area contributed by atoms with E-state index in [1.165, 1.54) is 16.7 Å². The lowest BCUT2D eigenvalue weighted by Crippen LogP contribution is -2.20. The van der Waals surface area contributed by atoms with E-state index in [4.69, 9.17) is 10.7 Å². The Morgan fingerprint density at radius 1 is 1.15 bits per heavy atom. The first-order chi connectivity index (χ1) is 9.52. The van der Waals surface area contributed by atoms with Gasteiger partial charge in [-0.05, 0) is 31.4 Å². The molecule has 0 radical (unpaired) electrons. The molecule has 3 heteroatoms. The summed E-state index contributed by atoms with van der Waals surface area (Å²) in [6, 6.07) is 8.39. The second-order valence-corrected chi connectivity index (χ2v) is 5.70. The van der Waals surface area contributed by atoms with Gasteiger partial charge in [0.2, 0.25) is 0 Å². The van der Waals surface area contributed by atoms with Gasteiger partial charge in [0.1, 0.15) is 5.82 Å². The third-order valence-electron chi connectivity index (χ3n) is 3.72. The van der Waals surface area contributed by atoms with Gasteiger partial charge in [0.25, 0.3) is 0 Å². The van der Waals surface area contributed by atoms with Crippen molar-refractivity contribution in [3.8, 4) is 11.3 Å². The number of hydrogen-bond acceptors (Lipinski definition) is 3. The minimum atomic E-state index is 0.209. The van der Waals surface area contributed by atoms with Crippen molar-refractivity contribution in [1.29, 1.82) is 0 Å². The van der Waals surface area contributed by atoms with Crippen molar-refractivity contribution in [3.05, 3.63) is 47.4 Å². The van der Waals surface area contributed by atoms with Crippen LogP contribution in [-0.4, -0.2) is 16.5 Å². The SMILES string of the molecule is Cc1ccc(-c2ccnc(C(CN)C(C)C)n2)c(C)c1. The Bertz CT molecular complexity index is 591. The number of benzene rings is 1. The normalized spacial score (nSPS) is 12.7. The second kappa shape index (κ2) is 6.14. The molecule has 0 saturated heterocycles. The van der Waals surface area contributed by atoms with Crippen LogP contribution in [0.1, 0.15) is 36.7 Å². The number of aryl methyl sites for hydroxylation is 2. The summed E-state index contributed by atoms with van der Waals surface area (Å²) in [6.07, 6.45) is 1.84. The number of nitrogens with two attached hydrogens (primary N) is 1. The summed E-state index contributed by atoms with van der Waals surface area (Å²) in [7, 11) is 0. The maximum atomic E-state index is 5.86. The van der Waals surface area contributed by atoms with Crippen LogP contribution >= 0.6 is 0 Å². The molecule has 1 heterocycles. The van der Waals surface area contributed by atoms with Gasteiger partial charge in [0, 0.05) is 24.2 Å². The maximum Gasteiger partial charge on any atom is 0.133 e. The quantitative estimate of drug-likeness (QED) is 0.924. The Hall–Kier alpha value is -1.74. The highest BCUT2D eigenvalue weighted by Gasteiger charge is 2.17. The van der Waals surface area contributed by atoms with Crippen molar-refractivity contribution in [2.24, 2.45) is 11.7 Å². The zero-order valence-corrected chi connectivity index (χ0v) is 12.7. The fourth-order valence-corrected chi connectivity index (χ4v) is 2.48. The van der Waals surface area contributed by atoms with Gasteiger partial charge in [-0.15, -0.1) is 0 Å². The molecule has 2 aromatic rings.